The fraction of sp³-hybridized carbons (Fsp3) is 0.364. The van der Waals surface area contributed by atoms with E-state index in [0.717, 1.165) is 5.69 Å². The number of carbonyl (C=O) groups excluding carboxylic acids is 1. The molecule has 0 aliphatic heterocycles. The molecule has 1 amide bonds. The molecule has 1 rings (SSSR count). The first-order valence-electron chi connectivity index (χ1n) is 5.66. The molecule has 0 saturated heterocycles. The Morgan fingerprint density at radius 1 is 1.16 bits per heavy atom. The van der Waals surface area contributed by atoms with Gasteiger partial charge in [-0.05, 0) is 29.6 Å². The SMILES string of the molecule is [N-]=[N+]=NCCCN(C(=O)CN=[N+]=[N-])c1ccccc1. The Morgan fingerprint density at radius 3 is 2.47 bits per heavy atom. The predicted molar refractivity (Wildman–Crippen MR) is 71.4 cm³/mol. The summed E-state index contributed by atoms with van der Waals surface area (Å²) in [6, 6.07) is 9.07. The minimum atomic E-state index is -0.287. The summed E-state index contributed by atoms with van der Waals surface area (Å²) in [4.78, 5) is 18.7. The molecule has 1 aromatic carbocycles. The Labute approximate surface area is 109 Å². The molecule has 1 aromatic rings. The van der Waals surface area contributed by atoms with Gasteiger partial charge in [-0.2, -0.15) is 0 Å². The third-order valence-electron chi connectivity index (χ3n) is 2.34. The Hall–Kier alpha value is -2.69. The Morgan fingerprint density at radius 2 is 1.84 bits per heavy atom. The number of para-hydroxylation sites is 1. The van der Waals surface area contributed by atoms with E-state index in [1.165, 1.54) is 4.90 Å². The highest BCUT2D eigenvalue weighted by atomic mass is 16.2. The van der Waals surface area contributed by atoms with Crippen molar-refractivity contribution in [3.63, 3.8) is 0 Å². The lowest BCUT2D eigenvalue weighted by molar-refractivity contribution is -0.117. The molecule has 0 heterocycles. The highest BCUT2D eigenvalue weighted by Gasteiger charge is 2.13. The number of nitrogens with zero attached hydrogens (tertiary/aromatic N) is 7. The van der Waals surface area contributed by atoms with Gasteiger partial charge in [-0.1, -0.05) is 28.4 Å². The monoisotopic (exact) mass is 259 g/mol. The fourth-order valence-electron chi connectivity index (χ4n) is 1.53. The minimum Gasteiger partial charge on any atom is -0.312 e. The van der Waals surface area contributed by atoms with Crippen molar-refractivity contribution in [2.75, 3.05) is 24.5 Å². The van der Waals surface area contributed by atoms with Gasteiger partial charge in [0, 0.05) is 28.6 Å². The van der Waals surface area contributed by atoms with Gasteiger partial charge in [0.1, 0.15) is 6.54 Å². The van der Waals surface area contributed by atoms with Crippen LogP contribution in [0.15, 0.2) is 40.6 Å². The fourth-order valence-corrected chi connectivity index (χ4v) is 1.53. The molecule has 0 saturated carbocycles. The molecule has 0 unspecified atom stereocenters. The largest absolute Gasteiger partial charge is 0.312 e. The third-order valence-corrected chi connectivity index (χ3v) is 2.34. The van der Waals surface area contributed by atoms with Crippen LogP contribution in [0.4, 0.5) is 5.69 Å². The van der Waals surface area contributed by atoms with E-state index in [1.807, 2.05) is 18.2 Å². The number of carbonyl (C=O) groups is 1. The second-order valence-corrected chi connectivity index (χ2v) is 3.58. The van der Waals surface area contributed by atoms with Crippen LogP contribution in [-0.2, 0) is 4.79 Å². The van der Waals surface area contributed by atoms with Crippen LogP contribution in [0, 0.1) is 0 Å². The van der Waals surface area contributed by atoms with Gasteiger partial charge >= 0.3 is 0 Å². The van der Waals surface area contributed by atoms with Crippen molar-refractivity contribution in [2.24, 2.45) is 10.2 Å². The van der Waals surface area contributed by atoms with Crippen molar-refractivity contribution in [2.45, 2.75) is 6.42 Å². The molecule has 0 atom stereocenters. The van der Waals surface area contributed by atoms with E-state index in [1.54, 1.807) is 12.1 Å². The average molecular weight is 259 g/mol. The van der Waals surface area contributed by atoms with E-state index in [0.29, 0.717) is 19.5 Å². The zero-order chi connectivity index (χ0) is 13.9. The average Bonchev–Trinajstić information content (AvgIpc) is 2.46. The Kier molecular flexibility index (Phi) is 6.36. The highest BCUT2D eigenvalue weighted by Crippen LogP contribution is 2.14. The maximum absolute atomic E-state index is 11.9. The van der Waals surface area contributed by atoms with Crippen LogP contribution in [0.2, 0.25) is 0 Å². The number of benzene rings is 1. The van der Waals surface area contributed by atoms with Crippen molar-refractivity contribution < 1.29 is 4.79 Å². The smallest absolute Gasteiger partial charge is 0.232 e. The second-order valence-electron chi connectivity index (χ2n) is 3.58. The van der Waals surface area contributed by atoms with Crippen molar-refractivity contribution in [3.05, 3.63) is 51.2 Å². The van der Waals surface area contributed by atoms with Crippen molar-refractivity contribution in [1.29, 1.82) is 0 Å². The van der Waals surface area contributed by atoms with Gasteiger partial charge in [-0.15, -0.1) is 0 Å². The lowest BCUT2D eigenvalue weighted by atomic mass is 10.2. The van der Waals surface area contributed by atoms with Crippen LogP contribution in [0.1, 0.15) is 6.42 Å². The van der Waals surface area contributed by atoms with E-state index in [4.69, 9.17) is 11.1 Å². The molecule has 0 aromatic heterocycles. The first kappa shape index (κ1) is 14.4. The molecule has 0 aliphatic carbocycles. The van der Waals surface area contributed by atoms with Crippen LogP contribution >= 0.6 is 0 Å². The van der Waals surface area contributed by atoms with Crippen LogP contribution < -0.4 is 4.90 Å². The third kappa shape index (κ3) is 4.99. The van der Waals surface area contributed by atoms with Gasteiger partial charge in [0.2, 0.25) is 5.91 Å². The predicted octanol–water partition coefficient (Wildman–Crippen LogP) is 3.03. The van der Waals surface area contributed by atoms with Crippen LogP contribution in [-0.4, -0.2) is 25.5 Å². The van der Waals surface area contributed by atoms with Crippen molar-refractivity contribution in [1.82, 2.24) is 0 Å². The summed E-state index contributed by atoms with van der Waals surface area (Å²) in [5.74, 6) is -0.287. The number of rotatable bonds is 7. The summed E-state index contributed by atoms with van der Waals surface area (Å²) >= 11 is 0. The standard InChI is InChI=1S/C11H13N7O/c12-16-14-7-4-8-18(11(19)9-15-17-13)10-5-2-1-3-6-10/h1-3,5-6H,4,7-9H2. The molecular formula is C11H13N7O. The van der Waals surface area contributed by atoms with E-state index >= 15 is 0 Å². The summed E-state index contributed by atoms with van der Waals surface area (Å²) in [6.07, 6.45) is 0.543. The van der Waals surface area contributed by atoms with E-state index in [9.17, 15) is 4.79 Å². The Bertz CT molecular complexity index is 503. The summed E-state index contributed by atoms with van der Waals surface area (Å²) in [5, 5.41) is 6.69. The van der Waals surface area contributed by atoms with Gasteiger partial charge in [-0.3, -0.25) is 4.79 Å². The summed E-state index contributed by atoms with van der Waals surface area (Å²) in [7, 11) is 0. The molecule has 0 aliphatic rings. The van der Waals surface area contributed by atoms with Gasteiger partial charge in [0.15, 0.2) is 0 Å². The molecule has 98 valence electrons. The van der Waals surface area contributed by atoms with Crippen molar-refractivity contribution >= 4 is 11.6 Å². The molecule has 19 heavy (non-hydrogen) atoms. The van der Waals surface area contributed by atoms with Gasteiger partial charge < -0.3 is 4.90 Å². The zero-order valence-corrected chi connectivity index (χ0v) is 10.3. The van der Waals surface area contributed by atoms with E-state index in [2.05, 4.69) is 20.1 Å². The van der Waals surface area contributed by atoms with Crippen LogP contribution in [0.3, 0.4) is 0 Å². The number of hydrogen-bond donors (Lipinski definition) is 0. The first-order valence-corrected chi connectivity index (χ1v) is 5.66. The minimum absolute atomic E-state index is 0.229. The van der Waals surface area contributed by atoms with Gasteiger partial charge in [-0.25, -0.2) is 0 Å². The number of amides is 1. The molecule has 8 nitrogen and oxygen atoms in total. The van der Waals surface area contributed by atoms with Crippen molar-refractivity contribution in [3.8, 4) is 0 Å². The van der Waals surface area contributed by atoms with E-state index < -0.39 is 0 Å². The van der Waals surface area contributed by atoms with Gasteiger partial charge in [0.25, 0.3) is 0 Å². The summed E-state index contributed by atoms with van der Waals surface area (Å²) < 4.78 is 0. The number of azide groups is 2. The topological polar surface area (TPSA) is 118 Å². The second kappa shape index (κ2) is 8.41. The molecule has 0 radical (unpaired) electrons. The molecular weight excluding hydrogens is 246 g/mol. The maximum Gasteiger partial charge on any atom is 0.232 e. The first-order chi connectivity index (χ1) is 9.29. The summed E-state index contributed by atoms with van der Waals surface area (Å²) in [5.41, 5.74) is 17.2. The number of hydrogen-bond acceptors (Lipinski definition) is 3. The highest BCUT2D eigenvalue weighted by molar-refractivity contribution is 5.94. The normalized spacial score (nSPS) is 9.05. The maximum atomic E-state index is 11.9. The molecule has 8 heteroatoms. The van der Waals surface area contributed by atoms with E-state index in [-0.39, 0.29) is 12.5 Å². The lowest BCUT2D eigenvalue weighted by Gasteiger charge is -2.21. The molecule has 0 N–H and O–H groups in total. The molecule has 0 bridgehead atoms. The lowest BCUT2D eigenvalue weighted by Crippen LogP contribution is -2.33. The molecule has 0 spiro atoms. The summed E-state index contributed by atoms with van der Waals surface area (Å²) in [6.45, 7) is 0.490. The Balaban J connectivity index is 2.75. The number of anilines is 1. The zero-order valence-electron chi connectivity index (χ0n) is 10.3. The molecule has 0 fully saturated rings. The van der Waals surface area contributed by atoms with Crippen LogP contribution in [0.25, 0.3) is 20.9 Å². The quantitative estimate of drug-likeness (QED) is 0.318. The van der Waals surface area contributed by atoms with Crippen LogP contribution in [0.5, 0.6) is 0 Å². The van der Waals surface area contributed by atoms with Gasteiger partial charge in [0.05, 0.1) is 0 Å².